The minimum absolute atomic E-state index is 0.0446. The molecule has 0 fully saturated rings. The van der Waals surface area contributed by atoms with E-state index in [2.05, 4.69) is 0 Å². The Hall–Kier alpha value is -1.40. The second kappa shape index (κ2) is 16.3. The van der Waals surface area contributed by atoms with Gasteiger partial charge < -0.3 is 5.11 Å². The molecule has 2 N–H and O–H groups in total. The third-order valence-electron chi connectivity index (χ3n) is 5.59. The molecule has 30 heavy (non-hydrogen) atoms. The van der Waals surface area contributed by atoms with Crippen molar-refractivity contribution in [1.29, 1.82) is 0 Å². The average Bonchev–Trinajstić information content (AvgIpc) is 2.69. The molecule has 0 spiro atoms. The zero-order valence-electron chi connectivity index (χ0n) is 18.4. The number of aliphatic carboxylic acids is 1. The minimum Gasteiger partial charge on any atom is -0.481 e. The number of aryl methyl sites for hydroxylation is 1. The van der Waals surface area contributed by atoms with Gasteiger partial charge in [-0.3, -0.25) is 9.35 Å². The van der Waals surface area contributed by atoms with Crippen LogP contribution in [0.15, 0.2) is 29.2 Å². The van der Waals surface area contributed by atoms with Crippen LogP contribution >= 0.6 is 0 Å². The summed E-state index contributed by atoms with van der Waals surface area (Å²) >= 11 is 0. The SMILES string of the molecule is O=C(O)CCCCCCCCCCCCCCCCCc1ccccc1S(=O)(=O)O. The number of rotatable bonds is 19. The van der Waals surface area contributed by atoms with Gasteiger partial charge in [0.05, 0.1) is 4.90 Å². The molecule has 5 nitrogen and oxygen atoms in total. The largest absolute Gasteiger partial charge is 0.481 e. The highest BCUT2D eigenvalue weighted by Crippen LogP contribution is 2.19. The van der Waals surface area contributed by atoms with Gasteiger partial charge in [0.15, 0.2) is 0 Å². The number of hydrogen-bond donors (Lipinski definition) is 2. The molecule has 1 aromatic rings. The van der Waals surface area contributed by atoms with Crippen LogP contribution in [0.25, 0.3) is 0 Å². The first-order chi connectivity index (χ1) is 14.4. The Labute approximate surface area is 183 Å². The van der Waals surface area contributed by atoms with Crippen molar-refractivity contribution in [3.8, 4) is 0 Å². The number of hydrogen-bond acceptors (Lipinski definition) is 3. The normalized spacial score (nSPS) is 11.6. The molecule has 0 amide bonds. The Morgan fingerprint density at radius 3 is 1.50 bits per heavy atom. The molecule has 0 atom stereocenters. The lowest BCUT2D eigenvalue weighted by Crippen LogP contribution is -2.03. The number of unbranched alkanes of at least 4 members (excludes halogenated alkanes) is 14. The third kappa shape index (κ3) is 13.8. The number of carboxylic acids is 1. The van der Waals surface area contributed by atoms with Crippen molar-refractivity contribution in [2.75, 3.05) is 0 Å². The number of carboxylic acid groups (broad SMARTS) is 1. The van der Waals surface area contributed by atoms with Gasteiger partial charge in [-0.25, -0.2) is 0 Å². The van der Waals surface area contributed by atoms with Crippen molar-refractivity contribution < 1.29 is 22.9 Å². The van der Waals surface area contributed by atoms with Crippen LogP contribution in [-0.4, -0.2) is 24.0 Å². The minimum atomic E-state index is -4.13. The highest BCUT2D eigenvalue weighted by atomic mass is 32.2. The zero-order valence-corrected chi connectivity index (χ0v) is 19.2. The fourth-order valence-corrected chi connectivity index (χ4v) is 4.60. The predicted octanol–water partition coefficient (Wildman–Crippen LogP) is 6.80. The first-order valence-electron chi connectivity index (χ1n) is 11.7. The van der Waals surface area contributed by atoms with E-state index in [0.29, 0.717) is 18.4 Å². The molecule has 0 radical (unpaired) electrons. The van der Waals surface area contributed by atoms with Crippen LogP contribution in [0.3, 0.4) is 0 Å². The molecular formula is C24H40O5S. The van der Waals surface area contributed by atoms with Crippen molar-refractivity contribution in [3.05, 3.63) is 29.8 Å². The Kier molecular flexibility index (Phi) is 14.5. The second-order valence-corrected chi connectivity index (χ2v) is 9.67. The van der Waals surface area contributed by atoms with Gasteiger partial charge in [0.1, 0.15) is 0 Å². The van der Waals surface area contributed by atoms with E-state index in [1.165, 1.54) is 70.3 Å². The van der Waals surface area contributed by atoms with Crippen LogP contribution in [0.4, 0.5) is 0 Å². The summed E-state index contributed by atoms with van der Waals surface area (Å²) in [4.78, 5) is 10.5. The molecule has 0 aromatic heterocycles. The summed E-state index contributed by atoms with van der Waals surface area (Å²) in [5, 5.41) is 8.58. The molecule has 0 bridgehead atoms. The van der Waals surface area contributed by atoms with Crippen LogP contribution in [0, 0.1) is 0 Å². The van der Waals surface area contributed by atoms with Gasteiger partial charge in [-0.2, -0.15) is 8.42 Å². The molecule has 0 unspecified atom stereocenters. The molecule has 0 heterocycles. The van der Waals surface area contributed by atoms with Crippen LogP contribution in [0.2, 0.25) is 0 Å². The fraction of sp³-hybridized carbons (Fsp3) is 0.708. The maximum Gasteiger partial charge on any atom is 0.303 e. The lowest BCUT2D eigenvalue weighted by Gasteiger charge is -2.07. The number of benzene rings is 1. The zero-order chi connectivity index (χ0) is 22.1. The monoisotopic (exact) mass is 440 g/mol. The topological polar surface area (TPSA) is 91.7 Å². The Morgan fingerprint density at radius 1 is 0.667 bits per heavy atom. The van der Waals surface area contributed by atoms with E-state index in [1.54, 1.807) is 12.1 Å². The van der Waals surface area contributed by atoms with E-state index in [1.807, 2.05) is 6.07 Å². The molecule has 172 valence electrons. The van der Waals surface area contributed by atoms with Gasteiger partial charge in [0, 0.05) is 6.42 Å². The van der Waals surface area contributed by atoms with Gasteiger partial charge in [-0.15, -0.1) is 0 Å². The van der Waals surface area contributed by atoms with E-state index >= 15 is 0 Å². The molecule has 0 saturated heterocycles. The summed E-state index contributed by atoms with van der Waals surface area (Å²) in [6.45, 7) is 0. The quantitative estimate of drug-likeness (QED) is 0.182. The Balaban J connectivity index is 1.88. The van der Waals surface area contributed by atoms with Crippen molar-refractivity contribution in [2.24, 2.45) is 0 Å². The van der Waals surface area contributed by atoms with Gasteiger partial charge >= 0.3 is 5.97 Å². The first kappa shape index (κ1) is 26.6. The number of carbonyl (C=O) groups is 1. The van der Waals surface area contributed by atoms with Crippen LogP contribution in [-0.2, 0) is 21.3 Å². The van der Waals surface area contributed by atoms with Crippen LogP contribution in [0.1, 0.15) is 108 Å². The Bertz CT molecular complexity index is 685. The summed E-state index contributed by atoms with van der Waals surface area (Å²) in [6, 6.07) is 6.69. The van der Waals surface area contributed by atoms with Gasteiger partial charge in [0.2, 0.25) is 0 Å². The van der Waals surface area contributed by atoms with Gasteiger partial charge in [-0.05, 0) is 30.9 Å². The van der Waals surface area contributed by atoms with Crippen molar-refractivity contribution in [2.45, 2.75) is 114 Å². The van der Waals surface area contributed by atoms with Crippen LogP contribution in [0.5, 0.6) is 0 Å². The van der Waals surface area contributed by atoms with Crippen molar-refractivity contribution in [3.63, 3.8) is 0 Å². The molecule has 1 aromatic carbocycles. The van der Waals surface area contributed by atoms with E-state index < -0.39 is 16.1 Å². The van der Waals surface area contributed by atoms with E-state index in [-0.39, 0.29) is 4.90 Å². The molecule has 0 aliphatic rings. The standard InChI is InChI=1S/C24H40O5S/c25-24(26)21-15-13-11-9-7-5-3-1-2-4-6-8-10-12-14-18-22-19-16-17-20-23(22)30(27,28)29/h16-17,19-20H,1-15,18,21H2,(H,25,26)(H,27,28,29). The molecule has 6 heteroatoms. The van der Waals surface area contributed by atoms with Gasteiger partial charge in [0.25, 0.3) is 10.1 Å². The first-order valence-corrected chi connectivity index (χ1v) is 13.1. The van der Waals surface area contributed by atoms with E-state index in [0.717, 1.165) is 32.1 Å². The second-order valence-electron chi connectivity index (χ2n) is 8.28. The predicted molar refractivity (Wildman–Crippen MR) is 121 cm³/mol. The third-order valence-corrected chi connectivity index (χ3v) is 6.54. The smallest absolute Gasteiger partial charge is 0.303 e. The summed E-state index contributed by atoms with van der Waals surface area (Å²) < 4.78 is 32.0. The van der Waals surface area contributed by atoms with Crippen LogP contribution < -0.4 is 0 Å². The van der Waals surface area contributed by atoms with Crippen molar-refractivity contribution in [1.82, 2.24) is 0 Å². The maximum atomic E-state index is 11.4. The highest BCUT2D eigenvalue weighted by Gasteiger charge is 2.13. The fourth-order valence-electron chi connectivity index (χ4n) is 3.85. The molecule has 1 rings (SSSR count). The average molecular weight is 441 g/mol. The maximum absolute atomic E-state index is 11.4. The lowest BCUT2D eigenvalue weighted by atomic mass is 10.0. The summed E-state index contributed by atoms with van der Waals surface area (Å²) in [7, 11) is -4.13. The Morgan fingerprint density at radius 2 is 1.07 bits per heavy atom. The van der Waals surface area contributed by atoms with Gasteiger partial charge in [-0.1, -0.05) is 102 Å². The molecule has 0 aliphatic heterocycles. The molecule has 0 aliphatic carbocycles. The summed E-state index contributed by atoms with van der Waals surface area (Å²) in [6.07, 6.45) is 18.7. The molecule has 0 saturated carbocycles. The van der Waals surface area contributed by atoms with E-state index in [9.17, 15) is 17.8 Å². The van der Waals surface area contributed by atoms with E-state index in [4.69, 9.17) is 5.11 Å². The molecular weight excluding hydrogens is 400 g/mol. The van der Waals surface area contributed by atoms with Crippen molar-refractivity contribution >= 4 is 16.1 Å². The summed E-state index contributed by atoms with van der Waals surface area (Å²) in [5.41, 5.74) is 0.709. The lowest BCUT2D eigenvalue weighted by molar-refractivity contribution is -0.137. The highest BCUT2D eigenvalue weighted by molar-refractivity contribution is 7.85. The summed E-state index contributed by atoms with van der Waals surface area (Å²) in [5.74, 6) is -0.684.